The lowest BCUT2D eigenvalue weighted by Crippen LogP contribution is -2.54. The summed E-state index contributed by atoms with van der Waals surface area (Å²) in [5.74, 6) is 0.235. The molecule has 8 rings (SSSR count). The second kappa shape index (κ2) is 18.5. The minimum atomic E-state index is -1.19. The van der Waals surface area contributed by atoms with Crippen LogP contribution in [0.15, 0.2) is 127 Å². The molecule has 2 aliphatic rings. The van der Waals surface area contributed by atoms with Gasteiger partial charge in [-0.05, 0) is 88.3 Å². The molecule has 1 amide bonds. The molecule has 0 aromatic heterocycles. The van der Waals surface area contributed by atoms with E-state index in [0.717, 1.165) is 44.5 Å². The molecule has 0 fully saturated rings. The average molecular weight is 867 g/mol. The number of carbonyl (C=O) groups excluding carboxylic acids is 2. The van der Waals surface area contributed by atoms with Crippen LogP contribution in [0.1, 0.15) is 50.6 Å². The Balaban J connectivity index is 0.993. The van der Waals surface area contributed by atoms with Gasteiger partial charge in [0.25, 0.3) is 0 Å². The first kappa shape index (κ1) is 42.1. The number of nitrogens with one attached hydrogen (secondary N) is 1. The van der Waals surface area contributed by atoms with Gasteiger partial charge in [0, 0.05) is 42.6 Å². The van der Waals surface area contributed by atoms with Crippen molar-refractivity contribution in [3.8, 4) is 34.4 Å². The number of ether oxygens (including phenoxy) is 3. The highest BCUT2D eigenvalue weighted by Crippen LogP contribution is 2.38. The topological polar surface area (TPSA) is 138 Å². The standard InChI is InChI=1S/C50H41Cl2N3O7/c1-60-46-5-3-2-4-36(46)27-55-28-39-25-47-38(24-45(56)48(62-47)35-15-17-40(18-16-35)61-29-32-10-19-41(51)42(52)20-32)22-37(39)23-44(55)49(57)54-43(50(58)59)21-30-6-11-33(12-7-30)34-13-8-31(26-53)9-14-34/h2-20,22,25,43-44,48H,21,23-24,27-29H2,1H3,(H,54,57)(H,58,59)/t43-,44-,48?/m0/s1. The van der Waals surface area contributed by atoms with Gasteiger partial charge in [0.05, 0.1) is 34.8 Å². The SMILES string of the molecule is COc1ccccc1CN1Cc2cc3c(cc2C[C@H]1C(=O)N[C@@H](Cc1ccc(-c2ccc(C#N)cc2)cc1)C(=O)O)CC(=O)C(c1ccc(OCc2ccc(Cl)c(Cl)c2)cc1)O3. The van der Waals surface area contributed by atoms with E-state index in [-0.39, 0.29) is 25.0 Å². The summed E-state index contributed by atoms with van der Waals surface area (Å²) in [6, 6.07) is 39.0. The number of halogens is 2. The van der Waals surface area contributed by atoms with Crippen LogP contribution in [0.3, 0.4) is 0 Å². The fourth-order valence-corrected chi connectivity index (χ4v) is 8.30. The van der Waals surface area contributed by atoms with E-state index in [1.165, 1.54) is 0 Å². The summed E-state index contributed by atoms with van der Waals surface area (Å²) < 4.78 is 18.0. The number of nitrogens with zero attached hydrogens (tertiary/aromatic N) is 2. The summed E-state index contributed by atoms with van der Waals surface area (Å²) in [5, 5.41) is 23.2. The molecule has 2 heterocycles. The predicted molar refractivity (Wildman–Crippen MR) is 235 cm³/mol. The van der Waals surface area contributed by atoms with Gasteiger partial charge >= 0.3 is 5.97 Å². The number of fused-ring (bicyclic) bond motifs is 2. The molecule has 62 heavy (non-hydrogen) atoms. The Bertz CT molecular complexity index is 2680. The number of benzene rings is 6. The number of para-hydroxylation sites is 1. The maximum atomic E-state index is 14.3. The molecule has 10 nitrogen and oxygen atoms in total. The zero-order valence-electron chi connectivity index (χ0n) is 33.6. The van der Waals surface area contributed by atoms with Crippen molar-refractivity contribution >= 4 is 40.9 Å². The van der Waals surface area contributed by atoms with E-state index >= 15 is 0 Å². The molecule has 2 aliphatic heterocycles. The highest BCUT2D eigenvalue weighted by atomic mass is 35.5. The first-order chi connectivity index (χ1) is 30.0. The minimum Gasteiger partial charge on any atom is -0.496 e. The molecule has 0 saturated heterocycles. The zero-order chi connectivity index (χ0) is 43.3. The van der Waals surface area contributed by atoms with Gasteiger partial charge < -0.3 is 24.6 Å². The van der Waals surface area contributed by atoms with Crippen molar-refractivity contribution in [2.75, 3.05) is 7.11 Å². The third-order valence-corrected chi connectivity index (χ3v) is 12.0. The summed E-state index contributed by atoms with van der Waals surface area (Å²) in [6.07, 6.45) is -0.295. The van der Waals surface area contributed by atoms with Gasteiger partial charge in [0.2, 0.25) is 5.91 Å². The molecule has 6 aromatic rings. The Morgan fingerprint density at radius 3 is 2.27 bits per heavy atom. The lowest BCUT2D eigenvalue weighted by atomic mass is 9.88. The van der Waals surface area contributed by atoms with Crippen LogP contribution < -0.4 is 19.5 Å². The van der Waals surface area contributed by atoms with Gasteiger partial charge in [-0.1, -0.05) is 102 Å². The van der Waals surface area contributed by atoms with Crippen LogP contribution in [0.4, 0.5) is 0 Å². The van der Waals surface area contributed by atoms with Crippen LogP contribution in [-0.2, 0) is 53.3 Å². The fourth-order valence-electron chi connectivity index (χ4n) is 7.98. The molecule has 0 aliphatic carbocycles. The monoisotopic (exact) mass is 865 g/mol. The third kappa shape index (κ3) is 9.46. The second-order valence-corrected chi connectivity index (χ2v) is 16.2. The number of Topliss-reactive ketones (excluding diaryl/α,β-unsaturated/α-hetero) is 1. The summed E-state index contributed by atoms with van der Waals surface area (Å²) in [7, 11) is 1.60. The smallest absolute Gasteiger partial charge is 0.326 e. The van der Waals surface area contributed by atoms with Gasteiger partial charge in [0.15, 0.2) is 11.9 Å². The van der Waals surface area contributed by atoms with E-state index < -0.39 is 30.1 Å². The van der Waals surface area contributed by atoms with E-state index in [2.05, 4.69) is 11.4 Å². The Morgan fingerprint density at radius 1 is 0.871 bits per heavy atom. The molecule has 1 unspecified atom stereocenters. The van der Waals surface area contributed by atoms with Gasteiger partial charge in [-0.15, -0.1) is 0 Å². The summed E-state index contributed by atoms with van der Waals surface area (Å²) >= 11 is 12.2. The molecular formula is C50H41Cl2N3O7. The Hall–Kier alpha value is -6.64. The molecule has 3 atom stereocenters. The van der Waals surface area contributed by atoms with E-state index in [9.17, 15) is 19.5 Å². The lowest BCUT2D eigenvalue weighted by Gasteiger charge is -2.38. The maximum Gasteiger partial charge on any atom is 0.326 e. The van der Waals surface area contributed by atoms with Gasteiger partial charge in [-0.3, -0.25) is 14.5 Å². The molecule has 0 radical (unpaired) electrons. The van der Waals surface area contributed by atoms with Crippen molar-refractivity contribution in [1.82, 2.24) is 10.2 Å². The van der Waals surface area contributed by atoms with Crippen molar-refractivity contribution in [3.05, 3.63) is 182 Å². The largest absolute Gasteiger partial charge is 0.496 e. The van der Waals surface area contributed by atoms with E-state index in [0.29, 0.717) is 58.1 Å². The molecule has 2 N–H and O–H groups in total. The number of aliphatic carboxylic acids is 1. The molecule has 12 heteroatoms. The van der Waals surface area contributed by atoms with Crippen LogP contribution in [0, 0.1) is 11.3 Å². The molecule has 0 bridgehead atoms. The van der Waals surface area contributed by atoms with Crippen LogP contribution in [0.5, 0.6) is 17.2 Å². The fraction of sp³-hybridized carbons (Fsp3) is 0.200. The lowest BCUT2D eigenvalue weighted by molar-refractivity contribution is -0.142. The van der Waals surface area contributed by atoms with Crippen molar-refractivity contribution in [2.24, 2.45) is 0 Å². The van der Waals surface area contributed by atoms with Crippen LogP contribution in [-0.4, -0.2) is 46.9 Å². The van der Waals surface area contributed by atoms with Gasteiger partial charge in [-0.2, -0.15) is 5.26 Å². The quantitative estimate of drug-likeness (QED) is 0.116. The summed E-state index contributed by atoms with van der Waals surface area (Å²) in [4.78, 5) is 42.5. The molecule has 0 saturated carbocycles. The Kier molecular flexibility index (Phi) is 12.6. The number of carboxylic acids is 1. The highest BCUT2D eigenvalue weighted by molar-refractivity contribution is 6.42. The summed E-state index contributed by atoms with van der Waals surface area (Å²) in [5.41, 5.74) is 8.17. The van der Waals surface area contributed by atoms with Crippen molar-refractivity contribution in [3.63, 3.8) is 0 Å². The molecule has 0 spiro atoms. The molecular weight excluding hydrogens is 825 g/mol. The number of rotatable bonds is 13. The zero-order valence-corrected chi connectivity index (χ0v) is 35.2. The number of nitriles is 1. The highest BCUT2D eigenvalue weighted by Gasteiger charge is 2.37. The minimum absolute atomic E-state index is 0.0765. The maximum absolute atomic E-state index is 14.3. The first-order valence-corrected chi connectivity index (χ1v) is 20.8. The van der Waals surface area contributed by atoms with E-state index in [1.54, 1.807) is 43.5 Å². The number of methoxy groups -OCH3 is 1. The second-order valence-electron chi connectivity index (χ2n) is 15.4. The average Bonchev–Trinajstić information content (AvgIpc) is 3.28. The normalized spacial score (nSPS) is 16.2. The van der Waals surface area contributed by atoms with Crippen molar-refractivity contribution in [2.45, 2.75) is 57.1 Å². The third-order valence-electron chi connectivity index (χ3n) is 11.3. The number of hydrogen-bond acceptors (Lipinski definition) is 8. The van der Waals surface area contributed by atoms with Crippen molar-refractivity contribution in [1.29, 1.82) is 5.26 Å². The number of carboxylic acid groups (broad SMARTS) is 1. The van der Waals surface area contributed by atoms with Crippen molar-refractivity contribution < 1.29 is 33.7 Å². The predicted octanol–water partition coefficient (Wildman–Crippen LogP) is 9.10. The number of ketones is 1. The van der Waals surface area contributed by atoms with Crippen LogP contribution in [0.25, 0.3) is 11.1 Å². The van der Waals surface area contributed by atoms with Crippen LogP contribution in [0.2, 0.25) is 10.0 Å². The molecule has 312 valence electrons. The summed E-state index contributed by atoms with van der Waals surface area (Å²) in [6.45, 7) is 1.01. The number of amides is 1. The van der Waals surface area contributed by atoms with E-state index in [4.69, 9.17) is 42.7 Å². The van der Waals surface area contributed by atoms with Gasteiger partial charge in [-0.25, -0.2) is 4.79 Å². The molecule has 6 aromatic carbocycles. The first-order valence-electron chi connectivity index (χ1n) is 20.0. The van der Waals surface area contributed by atoms with E-state index in [1.807, 2.05) is 95.9 Å². The van der Waals surface area contributed by atoms with Gasteiger partial charge in [0.1, 0.15) is 29.9 Å². The number of carbonyl (C=O) groups is 3. The Labute approximate surface area is 369 Å². The Morgan fingerprint density at radius 2 is 1.58 bits per heavy atom. The number of hydrogen-bond donors (Lipinski definition) is 2. The van der Waals surface area contributed by atoms with Crippen LogP contribution >= 0.6 is 23.2 Å².